The number of anilines is 1. The summed E-state index contributed by atoms with van der Waals surface area (Å²) in [6.45, 7) is 0.839. The number of hydrogen-bond acceptors (Lipinski definition) is 5. The van der Waals surface area contributed by atoms with E-state index in [0.717, 1.165) is 26.2 Å². The van der Waals surface area contributed by atoms with Crippen LogP contribution in [-0.4, -0.2) is 52.2 Å². The van der Waals surface area contributed by atoms with E-state index in [1.807, 2.05) is 0 Å². The van der Waals surface area contributed by atoms with Crippen LogP contribution in [0, 0.1) is 11.9 Å². The zero-order chi connectivity index (χ0) is 23.9. The van der Waals surface area contributed by atoms with E-state index in [4.69, 9.17) is 0 Å². The van der Waals surface area contributed by atoms with E-state index in [1.165, 1.54) is 11.0 Å². The van der Waals surface area contributed by atoms with E-state index in [-0.39, 0.29) is 31.6 Å². The molecule has 0 aliphatic carbocycles. The molecular weight excluding hydrogens is 461 g/mol. The van der Waals surface area contributed by atoms with Gasteiger partial charge in [0.1, 0.15) is 0 Å². The Morgan fingerprint density at radius 1 is 1.19 bits per heavy atom. The summed E-state index contributed by atoms with van der Waals surface area (Å²) >= 11 is 0. The third-order valence-electron chi connectivity index (χ3n) is 5.42. The van der Waals surface area contributed by atoms with Gasteiger partial charge in [-0.1, -0.05) is 0 Å². The van der Waals surface area contributed by atoms with Crippen molar-refractivity contribution >= 4 is 21.6 Å². The second kappa shape index (κ2) is 8.30. The topological polar surface area (TPSA) is 97.2 Å². The zero-order valence-electron chi connectivity index (χ0n) is 17.0. The van der Waals surface area contributed by atoms with Gasteiger partial charge >= 0.3 is 12.2 Å². The molecule has 0 bridgehead atoms. The molecule has 2 amide bonds. The van der Waals surface area contributed by atoms with Crippen molar-refractivity contribution < 1.29 is 35.2 Å². The summed E-state index contributed by atoms with van der Waals surface area (Å²) in [6, 6.07) is 2.12. The average molecular weight is 481 g/mol. The molecule has 3 heterocycles. The molecule has 0 aromatic carbocycles. The maximum Gasteiger partial charge on any atom is 0.435 e. The minimum atomic E-state index is -4.88. The smallest absolute Gasteiger partial charge is 0.325 e. The Bertz CT molecular complexity index is 1090. The number of alkyl halides is 4. The van der Waals surface area contributed by atoms with Gasteiger partial charge in [-0.05, 0) is 31.9 Å². The number of carbonyl (C=O) groups is 1. The molecule has 0 spiro atoms. The number of aryl methyl sites for hydroxylation is 1. The van der Waals surface area contributed by atoms with Crippen molar-refractivity contribution in [1.82, 2.24) is 19.7 Å². The highest BCUT2D eigenvalue weighted by Gasteiger charge is 2.50. The fourth-order valence-corrected chi connectivity index (χ4v) is 5.25. The van der Waals surface area contributed by atoms with Crippen LogP contribution in [-0.2, 0) is 23.1 Å². The van der Waals surface area contributed by atoms with E-state index in [9.17, 15) is 30.8 Å². The van der Waals surface area contributed by atoms with Gasteiger partial charge in [0.15, 0.2) is 10.7 Å². The van der Waals surface area contributed by atoms with Crippen LogP contribution in [0.1, 0.15) is 25.5 Å². The SMILES string of the molecule is Cn1nc(C(F)(F)F)cc1S(=O)(=O)C(C)(F)C1CCN(C(=O)Nc2ccc(F)nc2)CC1. The Labute approximate surface area is 180 Å². The Morgan fingerprint density at radius 3 is 2.31 bits per heavy atom. The monoisotopic (exact) mass is 481 g/mol. The molecule has 1 aliphatic rings. The summed E-state index contributed by atoms with van der Waals surface area (Å²) in [5.41, 5.74) is -1.19. The maximum atomic E-state index is 15.6. The number of amides is 2. The number of nitrogens with one attached hydrogen (secondary N) is 1. The zero-order valence-corrected chi connectivity index (χ0v) is 17.8. The number of piperidine rings is 1. The Morgan fingerprint density at radius 2 is 1.81 bits per heavy atom. The fourth-order valence-electron chi connectivity index (χ4n) is 3.51. The quantitative estimate of drug-likeness (QED) is 0.534. The summed E-state index contributed by atoms with van der Waals surface area (Å²) in [5, 5.41) is 1.89. The number of urea groups is 1. The molecule has 1 saturated heterocycles. The van der Waals surface area contributed by atoms with E-state index < -0.39 is 49.6 Å². The number of carbonyl (C=O) groups excluding carboxylic acids is 1. The van der Waals surface area contributed by atoms with Crippen LogP contribution in [0.5, 0.6) is 0 Å². The van der Waals surface area contributed by atoms with Crippen molar-refractivity contribution in [1.29, 1.82) is 0 Å². The van der Waals surface area contributed by atoms with Gasteiger partial charge in [0.2, 0.25) is 20.8 Å². The molecule has 0 saturated carbocycles. The number of nitrogens with zero attached hydrogens (tertiary/aromatic N) is 4. The summed E-state index contributed by atoms with van der Waals surface area (Å²) < 4.78 is 93.3. The van der Waals surface area contributed by atoms with Gasteiger partial charge in [0.25, 0.3) is 0 Å². The summed E-state index contributed by atoms with van der Waals surface area (Å²) in [6.07, 6.45) is -3.83. The van der Waals surface area contributed by atoms with Gasteiger partial charge in [-0.15, -0.1) is 0 Å². The van der Waals surface area contributed by atoms with E-state index >= 15 is 4.39 Å². The molecule has 1 atom stereocenters. The predicted octanol–water partition coefficient (Wildman–Crippen LogP) is 3.38. The summed E-state index contributed by atoms with van der Waals surface area (Å²) in [4.78, 5) is 17.1. The lowest BCUT2D eigenvalue weighted by atomic mass is 9.92. The number of pyridine rings is 1. The van der Waals surface area contributed by atoms with Crippen LogP contribution >= 0.6 is 0 Å². The van der Waals surface area contributed by atoms with Crippen LogP contribution in [0.3, 0.4) is 0 Å². The Balaban J connectivity index is 1.70. The predicted molar refractivity (Wildman–Crippen MR) is 102 cm³/mol. The summed E-state index contributed by atoms with van der Waals surface area (Å²) in [7, 11) is -3.83. The van der Waals surface area contributed by atoms with Crippen molar-refractivity contribution in [3.05, 3.63) is 36.0 Å². The van der Waals surface area contributed by atoms with Gasteiger partial charge in [-0.25, -0.2) is 22.6 Å². The highest BCUT2D eigenvalue weighted by atomic mass is 32.2. The Hall–Kier alpha value is -2.77. The molecule has 14 heteroatoms. The van der Waals surface area contributed by atoms with Crippen molar-refractivity contribution in [2.24, 2.45) is 13.0 Å². The lowest BCUT2D eigenvalue weighted by Crippen LogP contribution is -2.48. The molecule has 2 aromatic heterocycles. The first kappa shape index (κ1) is 23.9. The number of likely N-dealkylation sites (tertiary alicyclic amines) is 1. The van der Waals surface area contributed by atoms with Crippen molar-refractivity contribution in [3.63, 3.8) is 0 Å². The molecule has 32 heavy (non-hydrogen) atoms. The normalized spacial score (nSPS) is 17.8. The maximum absolute atomic E-state index is 15.6. The van der Waals surface area contributed by atoms with Crippen molar-refractivity contribution in [3.8, 4) is 0 Å². The number of aromatic nitrogens is 3. The van der Waals surface area contributed by atoms with E-state index in [0.29, 0.717) is 10.7 Å². The largest absolute Gasteiger partial charge is 0.435 e. The first-order valence-corrected chi connectivity index (χ1v) is 10.9. The van der Waals surface area contributed by atoms with Gasteiger partial charge in [-0.2, -0.15) is 22.7 Å². The van der Waals surface area contributed by atoms with Crippen LogP contribution in [0.2, 0.25) is 0 Å². The number of hydrogen-bond donors (Lipinski definition) is 1. The van der Waals surface area contributed by atoms with Crippen molar-refractivity contribution in [2.75, 3.05) is 18.4 Å². The number of rotatable bonds is 4. The van der Waals surface area contributed by atoms with E-state index in [1.54, 1.807) is 0 Å². The molecule has 3 rings (SSSR count). The van der Waals surface area contributed by atoms with Gasteiger partial charge in [-0.3, -0.25) is 4.68 Å². The van der Waals surface area contributed by atoms with Crippen LogP contribution < -0.4 is 5.32 Å². The lowest BCUT2D eigenvalue weighted by Gasteiger charge is -2.37. The lowest BCUT2D eigenvalue weighted by molar-refractivity contribution is -0.141. The number of halogens is 5. The third-order valence-corrected chi connectivity index (χ3v) is 7.74. The van der Waals surface area contributed by atoms with Crippen LogP contribution in [0.15, 0.2) is 29.4 Å². The minimum Gasteiger partial charge on any atom is -0.325 e. The van der Waals surface area contributed by atoms with Crippen LogP contribution in [0.25, 0.3) is 0 Å². The molecule has 1 N–H and O–H groups in total. The first-order chi connectivity index (χ1) is 14.7. The fraction of sp³-hybridized carbons (Fsp3) is 0.500. The van der Waals surface area contributed by atoms with Gasteiger partial charge in [0.05, 0.1) is 11.9 Å². The molecule has 1 fully saturated rings. The summed E-state index contributed by atoms with van der Waals surface area (Å²) in [5.74, 6) is -1.78. The first-order valence-electron chi connectivity index (χ1n) is 9.45. The molecular formula is C18H20F5N5O3S. The van der Waals surface area contributed by atoms with E-state index in [2.05, 4.69) is 15.4 Å². The molecule has 176 valence electrons. The molecule has 8 nitrogen and oxygen atoms in total. The standard InChI is InChI=1S/C18H20F5N5O3S/c1-17(20,32(30,31)15-9-13(18(21,22)23)26-27(15)2)11-5-7-28(8-6-11)16(29)25-12-3-4-14(19)24-10-12/h3-4,9-11H,5-8H2,1-2H3,(H,25,29). The number of sulfone groups is 1. The second-order valence-corrected chi connectivity index (χ2v) is 9.76. The minimum absolute atomic E-state index is 0.0132. The molecule has 1 aliphatic heterocycles. The molecule has 2 aromatic rings. The van der Waals surface area contributed by atoms with Crippen LogP contribution in [0.4, 0.5) is 32.4 Å². The molecule has 0 radical (unpaired) electrons. The third kappa shape index (κ3) is 4.54. The second-order valence-electron chi connectivity index (χ2n) is 7.54. The average Bonchev–Trinajstić information content (AvgIpc) is 3.12. The van der Waals surface area contributed by atoms with Gasteiger partial charge < -0.3 is 10.2 Å². The highest BCUT2D eigenvalue weighted by Crippen LogP contribution is 2.40. The van der Waals surface area contributed by atoms with Gasteiger partial charge in [0, 0.05) is 32.1 Å². The Kier molecular flexibility index (Phi) is 6.19. The van der Waals surface area contributed by atoms with Crippen molar-refractivity contribution in [2.45, 2.75) is 36.0 Å². The molecule has 1 unspecified atom stereocenters. The highest BCUT2D eigenvalue weighted by molar-refractivity contribution is 7.92.